The van der Waals surface area contributed by atoms with Crippen LogP contribution in [0, 0.1) is 0 Å². The second-order valence-electron chi connectivity index (χ2n) is 9.24. The Balaban J connectivity index is 2.86. The minimum Gasteiger partial charge on any atom is -0.459 e. The standard InChI is InChI=1S/C21H35N5O6/c1-20(2,3)31-14(27)11-23-17(28)15-16(25-12-24-15)18(29)26-13(9-7-8-10-22)19(30)32-21(4,5)6/h12-13H,7-11,22H2,1-6H3,(H,23,28)(H,24,25)(H,26,29)/t13-/m0/s1. The summed E-state index contributed by atoms with van der Waals surface area (Å²) in [5.41, 5.74) is 3.74. The maximum atomic E-state index is 12.8. The molecular formula is C21H35N5O6. The van der Waals surface area contributed by atoms with Crippen LogP contribution < -0.4 is 16.4 Å². The first-order valence-corrected chi connectivity index (χ1v) is 10.5. The second kappa shape index (κ2) is 11.6. The number of imidazole rings is 1. The number of H-pyrrole nitrogens is 1. The van der Waals surface area contributed by atoms with Gasteiger partial charge >= 0.3 is 11.9 Å². The molecule has 2 amide bonds. The Kier molecular flexibility index (Phi) is 9.82. The molecule has 180 valence electrons. The fraction of sp³-hybridized carbons (Fsp3) is 0.667. The van der Waals surface area contributed by atoms with Gasteiger partial charge in [-0.2, -0.15) is 0 Å². The topological polar surface area (TPSA) is 166 Å². The third-order valence-corrected chi connectivity index (χ3v) is 3.84. The van der Waals surface area contributed by atoms with Crippen LogP contribution in [0.3, 0.4) is 0 Å². The fourth-order valence-electron chi connectivity index (χ4n) is 2.60. The van der Waals surface area contributed by atoms with Crippen LogP contribution in [0.1, 0.15) is 81.8 Å². The van der Waals surface area contributed by atoms with E-state index in [1.54, 1.807) is 41.5 Å². The Morgan fingerprint density at radius 1 is 1.03 bits per heavy atom. The molecule has 1 atom stereocenters. The summed E-state index contributed by atoms with van der Waals surface area (Å²) in [4.78, 5) is 56.0. The summed E-state index contributed by atoms with van der Waals surface area (Å²) < 4.78 is 10.5. The van der Waals surface area contributed by atoms with Gasteiger partial charge in [0.2, 0.25) is 0 Å². The zero-order valence-electron chi connectivity index (χ0n) is 19.7. The summed E-state index contributed by atoms with van der Waals surface area (Å²) >= 11 is 0. The van der Waals surface area contributed by atoms with Crippen molar-refractivity contribution in [2.45, 2.75) is 78.0 Å². The molecule has 1 heterocycles. The lowest BCUT2D eigenvalue weighted by Crippen LogP contribution is -2.45. The van der Waals surface area contributed by atoms with Gasteiger partial charge in [0, 0.05) is 0 Å². The van der Waals surface area contributed by atoms with E-state index in [1.807, 2.05) is 0 Å². The Hall–Kier alpha value is -2.95. The quantitative estimate of drug-likeness (QED) is 0.301. The lowest BCUT2D eigenvalue weighted by atomic mass is 10.1. The Labute approximate surface area is 188 Å². The molecule has 11 nitrogen and oxygen atoms in total. The predicted molar refractivity (Wildman–Crippen MR) is 117 cm³/mol. The van der Waals surface area contributed by atoms with E-state index in [2.05, 4.69) is 20.6 Å². The molecule has 0 aromatic carbocycles. The lowest BCUT2D eigenvalue weighted by molar-refractivity contribution is -0.157. The summed E-state index contributed by atoms with van der Waals surface area (Å²) in [7, 11) is 0. The van der Waals surface area contributed by atoms with Crippen LogP contribution in [0.4, 0.5) is 0 Å². The molecule has 0 saturated carbocycles. The molecule has 0 bridgehead atoms. The second-order valence-corrected chi connectivity index (χ2v) is 9.24. The molecule has 0 radical (unpaired) electrons. The number of nitrogens with one attached hydrogen (secondary N) is 3. The third-order valence-electron chi connectivity index (χ3n) is 3.84. The number of amides is 2. The number of nitrogens with two attached hydrogens (primary N) is 1. The van der Waals surface area contributed by atoms with Crippen LogP contribution >= 0.6 is 0 Å². The van der Waals surface area contributed by atoms with E-state index in [0.717, 1.165) is 0 Å². The highest BCUT2D eigenvalue weighted by molar-refractivity contribution is 6.06. The average molecular weight is 454 g/mol. The average Bonchev–Trinajstić information content (AvgIpc) is 3.12. The molecule has 0 spiro atoms. The fourth-order valence-corrected chi connectivity index (χ4v) is 2.60. The van der Waals surface area contributed by atoms with Gasteiger partial charge in [-0.25, -0.2) is 9.78 Å². The van der Waals surface area contributed by atoms with E-state index < -0.39 is 41.0 Å². The summed E-state index contributed by atoms with van der Waals surface area (Å²) in [6, 6.07) is -0.928. The number of aromatic nitrogens is 2. The van der Waals surface area contributed by atoms with Gasteiger partial charge in [-0.15, -0.1) is 0 Å². The first-order chi connectivity index (χ1) is 14.7. The Bertz CT molecular complexity index is 806. The van der Waals surface area contributed by atoms with Crippen molar-refractivity contribution >= 4 is 23.8 Å². The molecular weight excluding hydrogens is 418 g/mol. The third kappa shape index (κ3) is 9.90. The highest BCUT2D eigenvalue weighted by Gasteiger charge is 2.29. The summed E-state index contributed by atoms with van der Waals surface area (Å²) in [5, 5.41) is 4.96. The number of aromatic amines is 1. The van der Waals surface area contributed by atoms with Gasteiger partial charge in [0.15, 0.2) is 5.69 Å². The van der Waals surface area contributed by atoms with Crippen molar-refractivity contribution in [3.8, 4) is 0 Å². The smallest absolute Gasteiger partial charge is 0.329 e. The zero-order valence-corrected chi connectivity index (χ0v) is 19.7. The van der Waals surface area contributed by atoms with Crippen LogP contribution in [-0.4, -0.2) is 64.1 Å². The molecule has 0 saturated heterocycles. The Morgan fingerprint density at radius 3 is 2.22 bits per heavy atom. The van der Waals surface area contributed by atoms with Gasteiger partial charge in [0.1, 0.15) is 29.5 Å². The molecule has 0 aliphatic heterocycles. The van der Waals surface area contributed by atoms with Gasteiger partial charge in [0.25, 0.3) is 11.8 Å². The number of carbonyl (C=O) groups excluding carboxylic acids is 4. The number of esters is 2. The van der Waals surface area contributed by atoms with Crippen LogP contribution in [0.15, 0.2) is 6.33 Å². The molecule has 0 aliphatic rings. The minimum absolute atomic E-state index is 0.143. The molecule has 1 rings (SSSR count). The molecule has 32 heavy (non-hydrogen) atoms. The summed E-state index contributed by atoms with van der Waals surface area (Å²) in [6.45, 7) is 10.4. The largest absolute Gasteiger partial charge is 0.459 e. The van der Waals surface area contributed by atoms with Crippen molar-refractivity contribution in [3.05, 3.63) is 17.7 Å². The van der Waals surface area contributed by atoms with Crippen LogP contribution in [-0.2, 0) is 19.1 Å². The number of hydrogen-bond acceptors (Lipinski definition) is 8. The highest BCUT2D eigenvalue weighted by Crippen LogP contribution is 2.13. The van der Waals surface area contributed by atoms with E-state index in [0.29, 0.717) is 25.8 Å². The predicted octanol–water partition coefficient (Wildman–Crippen LogP) is 1.05. The maximum Gasteiger partial charge on any atom is 0.329 e. The van der Waals surface area contributed by atoms with Gasteiger partial charge in [-0.1, -0.05) is 0 Å². The number of ether oxygens (including phenoxy) is 2. The van der Waals surface area contributed by atoms with E-state index in [4.69, 9.17) is 15.2 Å². The summed E-state index contributed by atoms with van der Waals surface area (Å²) in [6.07, 6.45) is 2.77. The zero-order chi connectivity index (χ0) is 24.5. The normalized spacial score (nSPS) is 12.6. The first kappa shape index (κ1) is 27.1. The van der Waals surface area contributed by atoms with Crippen LogP contribution in [0.5, 0.6) is 0 Å². The molecule has 1 aromatic rings. The van der Waals surface area contributed by atoms with Crippen molar-refractivity contribution in [3.63, 3.8) is 0 Å². The molecule has 11 heteroatoms. The van der Waals surface area contributed by atoms with Gasteiger partial charge in [-0.3, -0.25) is 14.4 Å². The van der Waals surface area contributed by atoms with Crippen molar-refractivity contribution in [2.75, 3.05) is 13.1 Å². The van der Waals surface area contributed by atoms with Gasteiger partial charge < -0.3 is 30.8 Å². The molecule has 0 fully saturated rings. The molecule has 5 N–H and O–H groups in total. The number of hydrogen-bond donors (Lipinski definition) is 4. The first-order valence-electron chi connectivity index (χ1n) is 10.5. The van der Waals surface area contributed by atoms with E-state index in [-0.39, 0.29) is 17.9 Å². The van der Waals surface area contributed by atoms with Gasteiger partial charge in [-0.05, 0) is 67.3 Å². The molecule has 0 aliphatic carbocycles. The van der Waals surface area contributed by atoms with Crippen molar-refractivity contribution in [2.24, 2.45) is 5.73 Å². The Morgan fingerprint density at radius 2 is 1.66 bits per heavy atom. The van der Waals surface area contributed by atoms with E-state index in [1.165, 1.54) is 6.33 Å². The van der Waals surface area contributed by atoms with E-state index >= 15 is 0 Å². The highest BCUT2D eigenvalue weighted by atomic mass is 16.6. The maximum absolute atomic E-state index is 12.8. The number of unbranched alkanes of at least 4 members (excludes halogenated alkanes) is 1. The minimum atomic E-state index is -0.928. The SMILES string of the molecule is CC(C)(C)OC(=O)CNC(=O)c1[nH]cnc1C(=O)N[C@@H](CCCCN)C(=O)OC(C)(C)C. The van der Waals surface area contributed by atoms with E-state index in [9.17, 15) is 19.2 Å². The molecule has 1 aromatic heterocycles. The van der Waals surface area contributed by atoms with Crippen molar-refractivity contribution in [1.82, 2.24) is 20.6 Å². The monoisotopic (exact) mass is 453 g/mol. The summed E-state index contributed by atoms with van der Waals surface area (Å²) in [5.74, 6) is -2.65. The number of rotatable bonds is 10. The van der Waals surface area contributed by atoms with Crippen LogP contribution in [0.25, 0.3) is 0 Å². The molecule has 0 unspecified atom stereocenters. The van der Waals surface area contributed by atoms with Gasteiger partial charge in [0.05, 0.1) is 6.33 Å². The lowest BCUT2D eigenvalue weighted by Gasteiger charge is -2.24. The number of nitrogens with zero attached hydrogens (tertiary/aromatic N) is 1. The van der Waals surface area contributed by atoms with Crippen molar-refractivity contribution in [1.29, 1.82) is 0 Å². The van der Waals surface area contributed by atoms with Crippen molar-refractivity contribution < 1.29 is 28.7 Å². The van der Waals surface area contributed by atoms with Crippen LogP contribution in [0.2, 0.25) is 0 Å². The number of carbonyl (C=O) groups is 4.